The van der Waals surface area contributed by atoms with Crippen LogP contribution < -0.4 is 0 Å². The Hall–Kier alpha value is -2.23. The van der Waals surface area contributed by atoms with Crippen LogP contribution in [0.3, 0.4) is 0 Å². The van der Waals surface area contributed by atoms with Crippen molar-refractivity contribution in [1.29, 1.82) is 0 Å². The van der Waals surface area contributed by atoms with E-state index in [0.717, 1.165) is 22.9 Å². The van der Waals surface area contributed by atoms with Gasteiger partial charge in [0.1, 0.15) is 11.3 Å². The topological polar surface area (TPSA) is 55.2 Å². The molecule has 3 rings (SSSR count). The number of aromatic amines is 1. The number of para-hydroxylation sites is 1. The summed E-state index contributed by atoms with van der Waals surface area (Å²) in [6.07, 6.45) is 0.811. The minimum absolute atomic E-state index is 0.340. The summed E-state index contributed by atoms with van der Waals surface area (Å²) in [4.78, 5) is 14.8. The van der Waals surface area contributed by atoms with Crippen molar-refractivity contribution in [2.24, 2.45) is 0 Å². The first kappa shape index (κ1) is 10.9. The molecule has 0 saturated heterocycles. The molecule has 0 atom stereocenters. The van der Waals surface area contributed by atoms with Gasteiger partial charge in [-0.1, -0.05) is 19.1 Å². The van der Waals surface area contributed by atoms with Crippen LogP contribution in [0.2, 0.25) is 0 Å². The third-order valence-corrected chi connectivity index (χ3v) is 2.82. The Bertz CT molecular complexity index is 708. The maximum absolute atomic E-state index is 11.7. The van der Waals surface area contributed by atoms with Crippen molar-refractivity contribution in [2.75, 3.05) is 6.61 Å². The van der Waals surface area contributed by atoms with Crippen LogP contribution in [0.4, 0.5) is 0 Å². The highest BCUT2D eigenvalue weighted by molar-refractivity contribution is 6.05. The number of rotatable bonds is 3. The molecule has 1 aromatic carbocycles. The summed E-state index contributed by atoms with van der Waals surface area (Å²) in [6, 6.07) is 9.40. The highest BCUT2D eigenvalue weighted by atomic mass is 16.5. The van der Waals surface area contributed by atoms with E-state index in [0.29, 0.717) is 17.9 Å². The zero-order valence-electron chi connectivity index (χ0n) is 10.0. The standard InChI is InChI=1S/C14H13NO3/c1-2-7-17-14(16)10-8-12-13(15-10)9-5-3-4-6-11(9)18-12/h3-6,8,15H,2,7H2,1H3. The summed E-state index contributed by atoms with van der Waals surface area (Å²) >= 11 is 0. The molecule has 92 valence electrons. The molecular weight excluding hydrogens is 230 g/mol. The Morgan fingerprint density at radius 1 is 1.33 bits per heavy atom. The van der Waals surface area contributed by atoms with E-state index in [2.05, 4.69) is 4.98 Å². The van der Waals surface area contributed by atoms with Crippen molar-refractivity contribution in [3.63, 3.8) is 0 Å². The lowest BCUT2D eigenvalue weighted by Gasteiger charge is -1.99. The van der Waals surface area contributed by atoms with Crippen molar-refractivity contribution in [3.8, 4) is 0 Å². The molecule has 0 unspecified atom stereocenters. The molecule has 0 amide bonds. The van der Waals surface area contributed by atoms with Gasteiger partial charge in [0, 0.05) is 11.5 Å². The van der Waals surface area contributed by atoms with Gasteiger partial charge >= 0.3 is 5.97 Å². The van der Waals surface area contributed by atoms with Crippen LogP contribution in [0.5, 0.6) is 0 Å². The molecule has 1 N–H and O–H groups in total. The molecule has 2 heterocycles. The molecule has 0 aliphatic rings. The van der Waals surface area contributed by atoms with Crippen LogP contribution in [0.15, 0.2) is 34.7 Å². The number of nitrogens with one attached hydrogen (secondary N) is 1. The van der Waals surface area contributed by atoms with Crippen molar-refractivity contribution in [2.45, 2.75) is 13.3 Å². The summed E-state index contributed by atoms with van der Waals surface area (Å²) in [6.45, 7) is 2.39. The largest absolute Gasteiger partial charge is 0.461 e. The Morgan fingerprint density at radius 3 is 3.00 bits per heavy atom. The van der Waals surface area contributed by atoms with Gasteiger partial charge in [-0.2, -0.15) is 0 Å². The number of hydrogen-bond donors (Lipinski definition) is 1. The fraction of sp³-hybridized carbons (Fsp3) is 0.214. The van der Waals surface area contributed by atoms with Crippen molar-refractivity contribution in [3.05, 3.63) is 36.0 Å². The monoisotopic (exact) mass is 243 g/mol. The Kier molecular flexibility index (Phi) is 2.55. The fourth-order valence-electron chi connectivity index (χ4n) is 1.98. The second kappa shape index (κ2) is 4.22. The lowest BCUT2D eigenvalue weighted by Crippen LogP contribution is -2.05. The number of aromatic nitrogens is 1. The van der Waals surface area contributed by atoms with Gasteiger partial charge < -0.3 is 14.1 Å². The zero-order chi connectivity index (χ0) is 12.5. The summed E-state index contributed by atoms with van der Waals surface area (Å²) in [5.41, 5.74) is 2.77. The number of carbonyl (C=O) groups is 1. The summed E-state index contributed by atoms with van der Waals surface area (Å²) in [5.74, 6) is -0.340. The molecule has 0 aliphatic carbocycles. The lowest BCUT2D eigenvalue weighted by molar-refractivity contribution is 0.0499. The molecule has 4 nitrogen and oxygen atoms in total. The average molecular weight is 243 g/mol. The van der Waals surface area contributed by atoms with Gasteiger partial charge in [-0.05, 0) is 18.6 Å². The number of carbonyl (C=O) groups excluding carboxylic acids is 1. The maximum Gasteiger partial charge on any atom is 0.354 e. The molecule has 0 aliphatic heterocycles. The summed E-state index contributed by atoms with van der Waals surface area (Å²) < 4.78 is 10.7. The minimum Gasteiger partial charge on any atom is -0.461 e. The third-order valence-electron chi connectivity index (χ3n) is 2.82. The van der Waals surface area contributed by atoms with E-state index in [-0.39, 0.29) is 5.97 Å². The molecule has 0 bridgehead atoms. The first-order chi connectivity index (χ1) is 8.79. The van der Waals surface area contributed by atoms with Crippen molar-refractivity contribution < 1.29 is 13.9 Å². The predicted octanol–water partition coefficient (Wildman–Crippen LogP) is 3.48. The van der Waals surface area contributed by atoms with Gasteiger partial charge in [0.2, 0.25) is 0 Å². The Labute approximate surface area is 104 Å². The van der Waals surface area contributed by atoms with E-state index in [9.17, 15) is 4.79 Å². The quantitative estimate of drug-likeness (QED) is 0.716. The molecule has 4 heteroatoms. The van der Waals surface area contributed by atoms with Crippen LogP contribution in [-0.2, 0) is 4.74 Å². The Balaban J connectivity index is 2.04. The molecule has 0 saturated carbocycles. The number of ether oxygens (including phenoxy) is 1. The van der Waals surface area contributed by atoms with Crippen molar-refractivity contribution in [1.82, 2.24) is 4.98 Å². The molecule has 3 aromatic rings. The Morgan fingerprint density at radius 2 is 2.17 bits per heavy atom. The van der Waals surface area contributed by atoms with Crippen LogP contribution >= 0.6 is 0 Å². The third kappa shape index (κ3) is 1.66. The van der Waals surface area contributed by atoms with Crippen LogP contribution in [0.25, 0.3) is 22.1 Å². The smallest absolute Gasteiger partial charge is 0.354 e. The van der Waals surface area contributed by atoms with Crippen LogP contribution in [0.1, 0.15) is 23.8 Å². The second-order valence-electron chi connectivity index (χ2n) is 4.16. The average Bonchev–Trinajstić information content (AvgIpc) is 2.93. The van der Waals surface area contributed by atoms with Crippen LogP contribution in [0, 0.1) is 0 Å². The van der Waals surface area contributed by atoms with E-state index < -0.39 is 0 Å². The van der Waals surface area contributed by atoms with Gasteiger partial charge in [-0.15, -0.1) is 0 Å². The highest BCUT2D eigenvalue weighted by Gasteiger charge is 2.15. The van der Waals surface area contributed by atoms with Gasteiger partial charge in [0.05, 0.1) is 12.1 Å². The molecule has 2 aromatic heterocycles. The summed E-state index contributed by atoms with van der Waals surface area (Å²) in [5, 5.41) is 0.974. The summed E-state index contributed by atoms with van der Waals surface area (Å²) in [7, 11) is 0. The highest BCUT2D eigenvalue weighted by Crippen LogP contribution is 2.28. The molecule has 0 radical (unpaired) electrons. The minimum atomic E-state index is -0.340. The van der Waals surface area contributed by atoms with Crippen LogP contribution in [-0.4, -0.2) is 17.6 Å². The molecule has 18 heavy (non-hydrogen) atoms. The van der Waals surface area contributed by atoms with Crippen molar-refractivity contribution >= 4 is 28.0 Å². The van der Waals surface area contributed by atoms with E-state index in [1.807, 2.05) is 31.2 Å². The van der Waals surface area contributed by atoms with Gasteiger partial charge in [0.15, 0.2) is 5.58 Å². The molecule has 0 spiro atoms. The normalized spacial score (nSPS) is 11.2. The lowest BCUT2D eigenvalue weighted by atomic mass is 10.2. The molecule has 0 fully saturated rings. The second-order valence-corrected chi connectivity index (χ2v) is 4.16. The van der Waals surface area contributed by atoms with E-state index in [1.54, 1.807) is 6.07 Å². The number of hydrogen-bond acceptors (Lipinski definition) is 3. The number of fused-ring (bicyclic) bond motifs is 3. The van der Waals surface area contributed by atoms with Gasteiger partial charge in [0.25, 0.3) is 0 Å². The number of esters is 1. The fourth-order valence-corrected chi connectivity index (χ4v) is 1.98. The zero-order valence-corrected chi connectivity index (χ0v) is 10.0. The van der Waals surface area contributed by atoms with Gasteiger partial charge in [-0.3, -0.25) is 0 Å². The van der Waals surface area contributed by atoms with Gasteiger partial charge in [-0.25, -0.2) is 4.79 Å². The van der Waals surface area contributed by atoms with E-state index in [1.165, 1.54) is 0 Å². The maximum atomic E-state index is 11.7. The van der Waals surface area contributed by atoms with E-state index in [4.69, 9.17) is 9.15 Å². The first-order valence-corrected chi connectivity index (χ1v) is 5.97. The number of furan rings is 1. The number of benzene rings is 1. The predicted molar refractivity (Wildman–Crippen MR) is 68.6 cm³/mol. The van der Waals surface area contributed by atoms with E-state index >= 15 is 0 Å². The first-order valence-electron chi connectivity index (χ1n) is 5.97. The SMILES string of the molecule is CCCOC(=O)c1cc2oc3ccccc3c2[nH]1. The number of H-pyrrole nitrogens is 1. The molecular formula is C14H13NO3.